The number of fused-ring (bicyclic) bond motifs is 3. The van der Waals surface area contributed by atoms with E-state index in [9.17, 15) is 4.79 Å². The number of rotatable bonds is 10. The van der Waals surface area contributed by atoms with Gasteiger partial charge in [-0.2, -0.15) is 0 Å². The van der Waals surface area contributed by atoms with Crippen LogP contribution in [-0.2, 0) is 17.7 Å². The summed E-state index contributed by atoms with van der Waals surface area (Å²) in [6.45, 7) is 4.81. The predicted octanol–water partition coefficient (Wildman–Crippen LogP) is 7.96. The molecule has 0 amide bonds. The van der Waals surface area contributed by atoms with Crippen molar-refractivity contribution in [3.63, 3.8) is 0 Å². The van der Waals surface area contributed by atoms with Gasteiger partial charge in [0.2, 0.25) is 0 Å². The standard InChI is InChI=1S/C34H31ClN4O3S/c1-22(42-34(40)25-15-17-26(18-16-25)41-19-9-8-12-24-10-4-3-5-11-24)30-20-28-32(27-13-6-7-14-29(27)35)36-21-31-38-37-23(2)39(31)33(28)43-30/h3-7,10-11,13-18,20,22H,8-9,12,19,21H2,1-2H3. The molecule has 0 fully saturated rings. The van der Waals surface area contributed by atoms with Crippen LogP contribution < -0.4 is 4.74 Å². The summed E-state index contributed by atoms with van der Waals surface area (Å²) in [6, 6.07) is 27.3. The minimum atomic E-state index is -0.488. The van der Waals surface area contributed by atoms with Crippen molar-refractivity contribution in [3.8, 4) is 10.8 Å². The van der Waals surface area contributed by atoms with E-state index in [1.165, 1.54) is 16.9 Å². The Balaban J connectivity index is 1.12. The number of esters is 1. The van der Waals surface area contributed by atoms with Crippen LogP contribution in [0.2, 0.25) is 5.02 Å². The molecule has 1 aliphatic heterocycles. The van der Waals surface area contributed by atoms with E-state index in [0.29, 0.717) is 23.7 Å². The molecule has 5 aromatic rings. The Labute approximate surface area is 259 Å². The molecule has 0 radical (unpaired) electrons. The number of hydrogen-bond donors (Lipinski definition) is 0. The largest absolute Gasteiger partial charge is 0.494 e. The molecule has 2 aromatic heterocycles. The Morgan fingerprint density at radius 1 is 0.977 bits per heavy atom. The van der Waals surface area contributed by atoms with Gasteiger partial charge in [-0.05, 0) is 75.1 Å². The SMILES string of the molecule is Cc1nnc2n1-c1sc(C(C)OC(=O)c3ccc(OCCCCc4ccccc4)cc3)cc1C(c1ccccc1Cl)=NC2. The van der Waals surface area contributed by atoms with E-state index in [1.807, 2.05) is 66.9 Å². The maximum Gasteiger partial charge on any atom is 0.338 e. The van der Waals surface area contributed by atoms with Crippen LogP contribution in [0.5, 0.6) is 5.75 Å². The summed E-state index contributed by atoms with van der Waals surface area (Å²) >= 11 is 8.12. The quantitative estimate of drug-likeness (QED) is 0.118. The van der Waals surface area contributed by atoms with E-state index in [2.05, 4.69) is 34.5 Å². The number of carbonyl (C=O) groups excluding carboxylic acids is 1. The number of unbranched alkanes of at least 4 members (excludes halogenated alkanes) is 1. The zero-order valence-corrected chi connectivity index (χ0v) is 25.6. The molecule has 7 nitrogen and oxygen atoms in total. The van der Waals surface area contributed by atoms with Gasteiger partial charge in [-0.15, -0.1) is 21.5 Å². The van der Waals surface area contributed by atoms with Gasteiger partial charge in [0.25, 0.3) is 0 Å². The molecule has 0 saturated carbocycles. The van der Waals surface area contributed by atoms with Crippen LogP contribution in [0, 0.1) is 6.92 Å². The highest BCUT2D eigenvalue weighted by atomic mass is 35.5. The lowest BCUT2D eigenvalue weighted by atomic mass is 10.0. The Bertz CT molecular complexity index is 1760. The molecular weight excluding hydrogens is 580 g/mol. The van der Waals surface area contributed by atoms with Gasteiger partial charge in [0.05, 0.1) is 17.9 Å². The van der Waals surface area contributed by atoms with Crippen LogP contribution in [0.3, 0.4) is 0 Å². The summed E-state index contributed by atoms with van der Waals surface area (Å²) in [4.78, 5) is 18.9. The minimum Gasteiger partial charge on any atom is -0.494 e. The number of aryl methyl sites for hydroxylation is 2. The number of hydrogen-bond acceptors (Lipinski definition) is 7. The monoisotopic (exact) mass is 610 g/mol. The molecule has 0 bridgehead atoms. The summed E-state index contributed by atoms with van der Waals surface area (Å²) < 4.78 is 13.8. The third kappa shape index (κ3) is 6.40. The minimum absolute atomic E-state index is 0.385. The van der Waals surface area contributed by atoms with E-state index in [-0.39, 0.29) is 0 Å². The first-order valence-electron chi connectivity index (χ1n) is 14.3. The highest BCUT2D eigenvalue weighted by molar-refractivity contribution is 7.15. The fourth-order valence-electron chi connectivity index (χ4n) is 5.07. The number of nitrogens with zero attached hydrogens (tertiary/aromatic N) is 4. The summed E-state index contributed by atoms with van der Waals surface area (Å²) in [5, 5.41) is 10.2. The zero-order valence-electron chi connectivity index (χ0n) is 24.0. The second kappa shape index (κ2) is 12.9. The second-order valence-corrected chi connectivity index (χ2v) is 11.8. The van der Waals surface area contributed by atoms with Gasteiger partial charge < -0.3 is 9.47 Å². The van der Waals surface area contributed by atoms with Crippen molar-refractivity contribution in [1.82, 2.24) is 14.8 Å². The van der Waals surface area contributed by atoms with Crippen molar-refractivity contribution < 1.29 is 14.3 Å². The van der Waals surface area contributed by atoms with Crippen molar-refractivity contribution in [2.75, 3.05) is 6.61 Å². The van der Waals surface area contributed by atoms with Gasteiger partial charge in [-0.3, -0.25) is 9.56 Å². The fraction of sp³-hybridized carbons (Fsp3) is 0.235. The van der Waals surface area contributed by atoms with Crippen molar-refractivity contribution >= 4 is 34.6 Å². The molecule has 218 valence electrons. The third-order valence-electron chi connectivity index (χ3n) is 7.34. The average molecular weight is 611 g/mol. The summed E-state index contributed by atoms with van der Waals surface area (Å²) in [5.74, 6) is 1.85. The lowest BCUT2D eigenvalue weighted by Crippen LogP contribution is -2.09. The van der Waals surface area contributed by atoms with Crippen LogP contribution in [0.4, 0.5) is 0 Å². The predicted molar refractivity (Wildman–Crippen MR) is 170 cm³/mol. The number of aromatic nitrogens is 3. The molecule has 0 spiro atoms. The van der Waals surface area contributed by atoms with Gasteiger partial charge in [-0.1, -0.05) is 60.1 Å². The van der Waals surface area contributed by atoms with E-state index in [0.717, 1.165) is 63.4 Å². The molecule has 6 rings (SSSR count). The molecule has 0 N–H and O–H groups in total. The van der Waals surface area contributed by atoms with Crippen LogP contribution in [-0.4, -0.2) is 33.1 Å². The normalized spacial score (nSPS) is 13.0. The van der Waals surface area contributed by atoms with E-state index in [1.54, 1.807) is 12.1 Å². The van der Waals surface area contributed by atoms with E-state index < -0.39 is 12.1 Å². The molecule has 1 aliphatic rings. The van der Waals surface area contributed by atoms with Crippen molar-refractivity contribution in [2.24, 2.45) is 4.99 Å². The molecule has 43 heavy (non-hydrogen) atoms. The first kappa shape index (κ1) is 28.8. The molecule has 9 heteroatoms. The maximum absolute atomic E-state index is 13.1. The number of benzene rings is 3. The smallest absolute Gasteiger partial charge is 0.338 e. The highest BCUT2D eigenvalue weighted by Gasteiger charge is 2.27. The van der Waals surface area contributed by atoms with Crippen LogP contribution in [0.15, 0.2) is 89.9 Å². The average Bonchev–Trinajstić information content (AvgIpc) is 3.58. The Kier molecular flexibility index (Phi) is 8.67. The van der Waals surface area contributed by atoms with E-state index in [4.69, 9.17) is 26.1 Å². The molecule has 0 aliphatic carbocycles. The topological polar surface area (TPSA) is 78.6 Å². The molecule has 3 heterocycles. The first-order valence-corrected chi connectivity index (χ1v) is 15.5. The van der Waals surface area contributed by atoms with Crippen LogP contribution in [0.25, 0.3) is 5.00 Å². The van der Waals surface area contributed by atoms with Gasteiger partial charge in [0, 0.05) is 21.0 Å². The number of aliphatic imine (C=N–C) groups is 1. The van der Waals surface area contributed by atoms with Crippen LogP contribution >= 0.6 is 22.9 Å². The number of thiophene rings is 1. The lowest BCUT2D eigenvalue weighted by Gasteiger charge is -2.12. The number of ether oxygens (including phenoxy) is 2. The summed E-state index contributed by atoms with van der Waals surface area (Å²) in [7, 11) is 0. The molecule has 1 unspecified atom stereocenters. The Morgan fingerprint density at radius 3 is 2.53 bits per heavy atom. The van der Waals surface area contributed by atoms with Crippen molar-refractivity contribution in [2.45, 2.75) is 45.8 Å². The Hall–Kier alpha value is -4.27. The van der Waals surface area contributed by atoms with Crippen molar-refractivity contribution in [3.05, 3.63) is 129 Å². The molecule has 3 aromatic carbocycles. The third-order valence-corrected chi connectivity index (χ3v) is 8.95. The zero-order chi connectivity index (χ0) is 29.8. The van der Waals surface area contributed by atoms with Crippen LogP contribution in [0.1, 0.15) is 69.4 Å². The summed E-state index contributed by atoms with van der Waals surface area (Å²) in [6.07, 6.45) is 2.56. The number of halogens is 1. The maximum atomic E-state index is 13.1. The molecule has 0 saturated heterocycles. The fourth-order valence-corrected chi connectivity index (χ4v) is 6.50. The summed E-state index contributed by atoms with van der Waals surface area (Å²) in [5.41, 5.74) is 4.33. The van der Waals surface area contributed by atoms with Gasteiger partial charge in [0.15, 0.2) is 5.82 Å². The Morgan fingerprint density at radius 2 is 1.74 bits per heavy atom. The highest BCUT2D eigenvalue weighted by Crippen LogP contribution is 2.37. The molecule has 1 atom stereocenters. The second-order valence-electron chi connectivity index (χ2n) is 10.4. The van der Waals surface area contributed by atoms with Gasteiger partial charge in [0.1, 0.15) is 29.2 Å². The van der Waals surface area contributed by atoms with E-state index >= 15 is 0 Å². The lowest BCUT2D eigenvalue weighted by molar-refractivity contribution is 0.0345. The van der Waals surface area contributed by atoms with Crippen molar-refractivity contribution in [1.29, 1.82) is 0 Å². The first-order chi connectivity index (χ1) is 21.0. The molecular formula is C34H31ClN4O3S. The van der Waals surface area contributed by atoms with Gasteiger partial charge >= 0.3 is 5.97 Å². The number of carbonyl (C=O) groups is 1. The van der Waals surface area contributed by atoms with Gasteiger partial charge in [-0.25, -0.2) is 4.79 Å².